The van der Waals surface area contributed by atoms with Gasteiger partial charge in [0.2, 0.25) is 5.91 Å². The van der Waals surface area contributed by atoms with Gasteiger partial charge in [-0.1, -0.05) is 24.4 Å². The van der Waals surface area contributed by atoms with E-state index in [9.17, 15) is 4.79 Å². The summed E-state index contributed by atoms with van der Waals surface area (Å²) in [5.74, 6) is 0.00507. The second-order valence-electron chi connectivity index (χ2n) is 5.84. The van der Waals surface area contributed by atoms with Crippen LogP contribution in [0.3, 0.4) is 0 Å². The number of halogens is 1. The number of carbonyl (C=O) groups is 1. The van der Waals surface area contributed by atoms with Gasteiger partial charge in [0.25, 0.3) is 0 Å². The Hall–Kier alpha value is -1.26. The highest BCUT2D eigenvalue weighted by molar-refractivity contribution is 6.33. The number of rotatable bonds is 3. The first-order valence-corrected chi connectivity index (χ1v) is 7.98. The van der Waals surface area contributed by atoms with E-state index < -0.39 is 0 Å². The molecule has 0 radical (unpaired) electrons. The van der Waals surface area contributed by atoms with Crippen LogP contribution in [0.5, 0.6) is 0 Å². The highest BCUT2D eigenvalue weighted by Crippen LogP contribution is 2.23. The van der Waals surface area contributed by atoms with Crippen molar-refractivity contribution in [1.29, 1.82) is 0 Å². The van der Waals surface area contributed by atoms with Gasteiger partial charge < -0.3 is 11.1 Å². The molecule has 2 rings (SSSR count). The molecule has 4 nitrogen and oxygen atoms in total. The van der Waals surface area contributed by atoms with Crippen LogP contribution in [0.15, 0.2) is 18.2 Å². The van der Waals surface area contributed by atoms with Crippen molar-refractivity contribution in [2.24, 2.45) is 0 Å². The summed E-state index contributed by atoms with van der Waals surface area (Å²) in [6, 6.07) is 5.47. The number of hydrogen-bond acceptors (Lipinski definition) is 3. The monoisotopic (exact) mass is 309 g/mol. The largest absolute Gasteiger partial charge is 0.397 e. The first-order chi connectivity index (χ1) is 9.99. The highest BCUT2D eigenvalue weighted by Gasteiger charge is 2.26. The number of anilines is 2. The quantitative estimate of drug-likeness (QED) is 0.840. The van der Waals surface area contributed by atoms with Crippen molar-refractivity contribution in [2.75, 3.05) is 17.6 Å². The Balaban J connectivity index is 2.02. The van der Waals surface area contributed by atoms with Gasteiger partial charge in [-0.25, -0.2) is 0 Å². The molecule has 0 bridgehead atoms. The minimum Gasteiger partial charge on any atom is -0.397 e. The van der Waals surface area contributed by atoms with E-state index in [2.05, 4.69) is 17.1 Å². The van der Waals surface area contributed by atoms with Crippen molar-refractivity contribution in [3.8, 4) is 0 Å². The number of hydrogen-bond donors (Lipinski definition) is 2. The number of nitrogens with one attached hydrogen (secondary N) is 1. The zero-order valence-corrected chi connectivity index (χ0v) is 13.5. The van der Waals surface area contributed by atoms with E-state index in [-0.39, 0.29) is 11.9 Å². The Kier molecular flexibility index (Phi) is 5.48. The van der Waals surface area contributed by atoms with Gasteiger partial charge in [0.1, 0.15) is 0 Å². The van der Waals surface area contributed by atoms with Gasteiger partial charge in [0.05, 0.1) is 16.8 Å². The number of carbonyl (C=O) groups excluding carboxylic acids is 1. The summed E-state index contributed by atoms with van der Waals surface area (Å²) >= 11 is 5.89. The van der Waals surface area contributed by atoms with Crippen molar-refractivity contribution in [1.82, 2.24) is 4.90 Å². The summed E-state index contributed by atoms with van der Waals surface area (Å²) in [5, 5.41) is 3.43. The lowest BCUT2D eigenvalue weighted by atomic mass is 10.1. The number of nitrogens with two attached hydrogens (primary N) is 1. The fourth-order valence-corrected chi connectivity index (χ4v) is 3.01. The Bertz CT molecular complexity index is 506. The summed E-state index contributed by atoms with van der Waals surface area (Å²) in [6.45, 7) is 5.16. The molecule has 116 valence electrons. The van der Waals surface area contributed by atoms with E-state index in [1.165, 1.54) is 12.8 Å². The van der Waals surface area contributed by atoms with Gasteiger partial charge in [-0.2, -0.15) is 0 Å². The molecule has 1 heterocycles. The maximum absolute atomic E-state index is 12.4. The summed E-state index contributed by atoms with van der Waals surface area (Å²) in [7, 11) is 0. The first kappa shape index (κ1) is 16.1. The molecular weight excluding hydrogens is 286 g/mol. The maximum atomic E-state index is 12.4. The van der Waals surface area contributed by atoms with Crippen LogP contribution in [-0.2, 0) is 4.79 Å². The fraction of sp³-hybridized carbons (Fsp3) is 0.562. The molecule has 0 aromatic heterocycles. The van der Waals surface area contributed by atoms with Gasteiger partial charge in [0, 0.05) is 11.7 Å². The molecule has 21 heavy (non-hydrogen) atoms. The van der Waals surface area contributed by atoms with Crippen molar-refractivity contribution < 1.29 is 4.79 Å². The van der Waals surface area contributed by atoms with Crippen molar-refractivity contribution in [3.63, 3.8) is 0 Å². The molecule has 1 fully saturated rings. The second kappa shape index (κ2) is 7.14. The van der Waals surface area contributed by atoms with Gasteiger partial charge in [0.15, 0.2) is 0 Å². The number of benzene rings is 1. The normalized spacial score (nSPS) is 21.6. The Morgan fingerprint density at radius 3 is 2.90 bits per heavy atom. The van der Waals surface area contributed by atoms with Crippen LogP contribution in [0.1, 0.15) is 39.5 Å². The van der Waals surface area contributed by atoms with Crippen molar-refractivity contribution >= 4 is 28.9 Å². The second-order valence-corrected chi connectivity index (χ2v) is 6.24. The molecule has 5 heteroatoms. The Morgan fingerprint density at radius 2 is 2.19 bits per heavy atom. The molecule has 1 aliphatic heterocycles. The van der Waals surface area contributed by atoms with Crippen LogP contribution < -0.4 is 11.1 Å². The number of amides is 1. The highest BCUT2D eigenvalue weighted by atomic mass is 35.5. The molecule has 1 aliphatic rings. The van der Waals surface area contributed by atoms with Crippen LogP contribution in [0, 0.1) is 0 Å². The lowest BCUT2D eigenvalue weighted by molar-refractivity contribution is -0.121. The Morgan fingerprint density at radius 1 is 1.43 bits per heavy atom. The van der Waals surface area contributed by atoms with Gasteiger partial charge >= 0.3 is 0 Å². The van der Waals surface area contributed by atoms with Crippen LogP contribution in [-0.4, -0.2) is 29.4 Å². The number of nitrogen functional groups attached to an aromatic ring is 1. The van der Waals surface area contributed by atoms with E-state index >= 15 is 0 Å². The summed E-state index contributed by atoms with van der Waals surface area (Å²) in [6.07, 6.45) is 4.82. The first-order valence-electron chi connectivity index (χ1n) is 7.60. The van der Waals surface area contributed by atoms with E-state index in [0.717, 1.165) is 19.4 Å². The lowest BCUT2D eigenvalue weighted by Crippen LogP contribution is -2.46. The topological polar surface area (TPSA) is 58.4 Å². The molecule has 1 aromatic carbocycles. The van der Waals surface area contributed by atoms with E-state index in [4.69, 9.17) is 17.3 Å². The third-order valence-corrected chi connectivity index (χ3v) is 4.59. The predicted octanol–water partition coefficient (Wildman–Crippen LogP) is 3.51. The molecular formula is C16H24ClN3O. The SMILES string of the molecule is CC1CCCCCN1C(C)C(=O)Nc1ccc(Cl)c(N)c1. The minimum absolute atomic E-state index is 0.00507. The summed E-state index contributed by atoms with van der Waals surface area (Å²) in [5.41, 5.74) is 6.93. The summed E-state index contributed by atoms with van der Waals surface area (Å²) in [4.78, 5) is 14.7. The molecule has 0 aliphatic carbocycles. The molecule has 1 saturated heterocycles. The maximum Gasteiger partial charge on any atom is 0.241 e. The van der Waals surface area contributed by atoms with Crippen molar-refractivity contribution in [2.45, 2.75) is 51.6 Å². The van der Waals surface area contributed by atoms with Gasteiger partial charge in [-0.05, 0) is 51.4 Å². The van der Waals surface area contributed by atoms with Crippen molar-refractivity contribution in [3.05, 3.63) is 23.2 Å². The van der Waals surface area contributed by atoms with E-state index in [1.54, 1.807) is 18.2 Å². The molecule has 2 unspecified atom stereocenters. The van der Waals surface area contributed by atoms with E-state index in [1.807, 2.05) is 6.92 Å². The van der Waals surface area contributed by atoms with Gasteiger partial charge in [-0.15, -0.1) is 0 Å². The lowest BCUT2D eigenvalue weighted by Gasteiger charge is -2.32. The molecule has 1 aromatic rings. The third-order valence-electron chi connectivity index (χ3n) is 4.24. The predicted molar refractivity (Wildman–Crippen MR) is 88.6 cm³/mol. The summed E-state index contributed by atoms with van der Waals surface area (Å²) < 4.78 is 0. The fourth-order valence-electron chi connectivity index (χ4n) is 2.89. The zero-order valence-electron chi connectivity index (χ0n) is 12.7. The minimum atomic E-state index is -0.144. The molecule has 0 spiro atoms. The molecule has 0 saturated carbocycles. The van der Waals surface area contributed by atoms with Crippen LogP contribution in [0.25, 0.3) is 0 Å². The average molecular weight is 310 g/mol. The molecule has 2 atom stereocenters. The third kappa shape index (κ3) is 4.11. The van der Waals surface area contributed by atoms with Gasteiger partial charge in [-0.3, -0.25) is 9.69 Å². The van der Waals surface area contributed by atoms with Crippen LogP contribution >= 0.6 is 11.6 Å². The number of likely N-dealkylation sites (tertiary alicyclic amines) is 1. The van der Waals surface area contributed by atoms with Crippen LogP contribution in [0.2, 0.25) is 5.02 Å². The Labute approximate surface area is 131 Å². The van der Waals surface area contributed by atoms with Crippen LogP contribution in [0.4, 0.5) is 11.4 Å². The number of nitrogens with zero attached hydrogens (tertiary/aromatic N) is 1. The zero-order chi connectivity index (χ0) is 15.4. The molecule has 1 amide bonds. The smallest absolute Gasteiger partial charge is 0.241 e. The molecule has 3 N–H and O–H groups in total. The standard InChI is InChI=1S/C16H24ClN3O/c1-11-6-4-3-5-9-20(11)12(2)16(21)19-13-7-8-14(17)15(18)10-13/h7-8,10-12H,3-6,9,18H2,1-2H3,(H,19,21). The van der Waals surface area contributed by atoms with E-state index in [0.29, 0.717) is 22.4 Å². The average Bonchev–Trinajstić information content (AvgIpc) is 2.66.